The number of nitrogens with one attached hydrogen (secondary N) is 1. The summed E-state index contributed by atoms with van der Waals surface area (Å²) in [5.41, 5.74) is 0.974. The van der Waals surface area contributed by atoms with Crippen LogP contribution >= 0.6 is 0 Å². The van der Waals surface area contributed by atoms with E-state index >= 15 is 0 Å². The Morgan fingerprint density at radius 3 is 2.33 bits per heavy atom. The van der Waals surface area contributed by atoms with Crippen LogP contribution in [-0.2, 0) is 6.18 Å². The van der Waals surface area contributed by atoms with Gasteiger partial charge in [-0.25, -0.2) is 0 Å². The van der Waals surface area contributed by atoms with Crippen LogP contribution in [0.3, 0.4) is 0 Å². The standard InChI is InChI=1S/C15H16F3N3/c16-15(17,18)13-3-1-11(2-4-13)12-9-20-21(10-12)14-5-7-19-8-6-14/h1-4,9-10,14,19H,5-8H2. The molecule has 0 spiro atoms. The number of alkyl halides is 3. The molecule has 1 aromatic carbocycles. The van der Waals surface area contributed by atoms with Gasteiger partial charge in [0.1, 0.15) is 0 Å². The van der Waals surface area contributed by atoms with E-state index in [-0.39, 0.29) is 0 Å². The van der Waals surface area contributed by atoms with Crippen molar-refractivity contribution in [2.75, 3.05) is 13.1 Å². The molecule has 0 saturated carbocycles. The van der Waals surface area contributed by atoms with Crippen LogP contribution in [0.15, 0.2) is 36.7 Å². The van der Waals surface area contributed by atoms with E-state index < -0.39 is 11.7 Å². The van der Waals surface area contributed by atoms with E-state index in [2.05, 4.69) is 10.4 Å². The molecule has 1 aliphatic heterocycles. The number of piperidine rings is 1. The molecule has 0 amide bonds. The number of aromatic nitrogens is 2. The summed E-state index contributed by atoms with van der Waals surface area (Å²) in [6.07, 6.45) is 1.38. The molecule has 0 aliphatic carbocycles. The van der Waals surface area contributed by atoms with Gasteiger partial charge in [0.2, 0.25) is 0 Å². The lowest BCUT2D eigenvalue weighted by Crippen LogP contribution is -2.29. The molecule has 0 unspecified atom stereocenters. The van der Waals surface area contributed by atoms with Crippen LogP contribution in [0.4, 0.5) is 13.2 Å². The molecule has 0 atom stereocenters. The van der Waals surface area contributed by atoms with E-state index in [9.17, 15) is 13.2 Å². The summed E-state index contributed by atoms with van der Waals surface area (Å²) in [5, 5.41) is 7.65. The molecule has 2 heterocycles. The number of halogens is 3. The highest BCUT2D eigenvalue weighted by Crippen LogP contribution is 2.31. The van der Waals surface area contributed by atoms with Gasteiger partial charge < -0.3 is 5.32 Å². The summed E-state index contributed by atoms with van der Waals surface area (Å²) in [7, 11) is 0. The summed E-state index contributed by atoms with van der Waals surface area (Å²) >= 11 is 0. The molecule has 1 aliphatic rings. The van der Waals surface area contributed by atoms with Gasteiger partial charge in [0.15, 0.2) is 0 Å². The Kier molecular flexibility index (Phi) is 3.71. The molecule has 1 fully saturated rings. The molecule has 2 aromatic rings. The van der Waals surface area contributed by atoms with Crippen LogP contribution in [0.2, 0.25) is 0 Å². The minimum Gasteiger partial charge on any atom is -0.317 e. The average molecular weight is 295 g/mol. The molecule has 1 aromatic heterocycles. The topological polar surface area (TPSA) is 29.9 Å². The Labute approximate surface area is 120 Å². The van der Waals surface area contributed by atoms with Crippen LogP contribution in [0.25, 0.3) is 11.1 Å². The second-order valence-corrected chi connectivity index (χ2v) is 5.27. The van der Waals surface area contributed by atoms with Crippen molar-refractivity contribution in [3.8, 4) is 11.1 Å². The number of hydrogen-bond donors (Lipinski definition) is 1. The van der Waals surface area contributed by atoms with E-state index in [1.807, 2.05) is 10.9 Å². The first-order chi connectivity index (χ1) is 10.0. The molecular weight excluding hydrogens is 279 g/mol. The Hall–Kier alpha value is -1.82. The van der Waals surface area contributed by atoms with Crippen LogP contribution in [0.5, 0.6) is 0 Å². The molecule has 1 N–H and O–H groups in total. The normalized spacial score (nSPS) is 17.1. The van der Waals surface area contributed by atoms with E-state index in [0.29, 0.717) is 6.04 Å². The molecular formula is C15H16F3N3. The largest absolute Gasteiger partial charge is 0.416 e. The van der Waals surface area contributed by atoms with Crippen molar-refractivity contribution >= 4 is 0 Å². The summed E-state index contributed by atoms with van der Waals surface area (Å²) in [6, 6.07) is 5.57. The fraction of sp³-hybridized carbons (Fsp3) is 0.400. The van der Waals surface area contributed by atoms with Gasteiger partial charge in [0.05, 0.1) is 17.8 Å². The highest BCUT2D eigenvalue weighted by atomic mass is 19.4. The lowest BCUT2D eigenvalue weighted by atomic mass is 10.1. The Morgan fingerprint density at radius 1 is 1.05 bits per heavy atom. The van der Waals surface area contributed by atoms with Gasteiger partial charge in [-0.15, -0.1) is 0 Å². The van der Waals surface area contributed by atoms with Gasteiger partial charge >= 0.3 is 6.18 Å². The fourth-order valence-electron chi connectivity index (χ4n) is 2.61. The predicted octanol–water partition coefficient (Wildman–Crippen LogP) is 3.49. The first kappa shape index (κ1) is 14.1. The Morgan fingerprint density at radius 2 is 1.71 bits per heavy atom. The maximum absolute atomic E-state index is 12.5. The zero-order valence-corrected chi connectivity index (χ0v) is 11.4. The van der Waals surface area contributed by atoms with Gasteiger partial charge in [-0.2, -0.15) is 18.3 Å². The molecule has 0 radical (unpaired) electrons. The highest BCUT2D eigenvalue weighted by Gasteiger charge is 2.30. The first-order valence-electron chi connectivity index (χ1n) is 6.96. The highest BCUT2D eigenvalue weighted by molar-refractivity contribution is 5.62. The van der Waals surface area contributed by atoms with Crippen molar-refractivity contribution in [3.05, 3.63) is 42.2 Å². The molecule has 0 bridgehead atoms. The molecule has 1 saturated heterocycles. The minimum absolute atomic E-state index is 0.370. The van der Waals surface area contributed by atoms with Crippen LogP contribution < -0.4 is 5.32 Å². The maximum Gasteiger partial charge on any atom is 0.416 e. The van der Waals surface area contributed by atoms with E-state index in [1.54, 1.807) is 6.20 Å². The van der Waals surface area contributed by atoms with Gasteiger partial charge in [0, 0.05) is 11.8 Å². The third-order valence-corrected chi connectivity index (χ3v) is 3.83. The maximum atomic E-state index is 12.5. The van der Waals surface area contributed by atoms with E-state index in [1.165, 1.54) is 12.1 Å². The van der Waals surface area contributed by atoms with Crippen LogP contribution in [0.1, 0.15) is 24.4 Å². The SMILES string of the molecule is FC(F)(F)c1ccc(-c2cnn(C3CCNCC3)c2)cc1. The second kappa shape index (κ2) is 5.52. The zero-order valence-electron chi connectivity index (χ0n) is 11.4. The summed E-state index contributed by atoms with van der Waals surface area (Å²) < 4.78 is 39.6. The van der Waals surface area contributed by atoms with Crippen LogP contribution in [0, 0.1) is 0 Å². The first-order valence-corrected chi connectivity index (χ1v) is 6.96. The van der Waals surface area contributed by atoms with Crippen molar-refractivity contribution in [1.82, 2.24) is 15.1 Å². The number of rotatable bonds is 2. The lowest BCUT2D eigenvalue weighted by molar-refractivity contribution is -0.137. The smallest absolute Gasteiger partial charge is 0.317 e. The molecule has 6 heteroatoms. The van der Waals surface area contributed by atoms with Crippen molar-refractivity contribution in [1.29, 1.82) is 0 Å². The summed E-state index contributed by atoms with van der Waals surface area (Å²) in [4.78, 5) is 0. The molecule has 3 nitrogen and oxygen atoms in total. The monoisotopic (exact) mass is 295 g/mol. The lowest BCUT2D eigenvalue weighted by Gasteiger charge is -2.22. The third-order valence-electron chi connectivity index (χ3n) is 3.83. The van der Waals surface area contributed by atoms with Crippen molar-refractivity contribution < 1.29 is 13.2 Å². The predicted molar refractivity (Wildman–Crippen MR) is 73.8 cm³/mol. The quantitative estimate of drug-likeness (QED) is 0.919. The van der Waals surface area contributed by atoms with Gasteiger partial charge in [-0.1, -0.05) is 12.1 Å². The van der Waals surface area contributed by atoms with Crippen molar-refractivity contribution in [2.45, 2.75) is 25.1 Å². The second-order valence-electron chi connectivity index (χ2n) is 5.27. The third kappa shape index (κ3) is 3.10. The summed E-state index contributed by atoms with van der Waals surface area (Å²) in [6.45, 7) is 1.94. The number of benzene rings is 1. The number of hydrogen-bond acceptors (Lipinski definition) is 2. The van der Waals surface area contributed by atoms with Crippen molar-refractivity contribution in [3.63, 3.8) is 0 Å². The molecule has 112 valence electrons. The summed E-state index contributed by atoms with van der Waals surface area (Å²) in [5.74, 6) is 0. The fourth-order valence-corrected chi connectivity index (χ4v) is 2.61. The van der Waals surface area contributed by atoms with E-state index in [0.717, 1.165) is 49.2 Å². The van der Waals surface area contributed by atoms with Gasteiger partial charge in [-0.3, -0.25) is 4.68 Å². The molecule has 3 rings (SSSR count). The molecule has 21 heavy (non-hydrogen) atoms. The Bertz CT molecular complexity index is 595. The Balaban J connectivity index is 1.79. The average Bonchev–Trinajstić information content (AvgIpc) is 2.97. The van der Waals surface area contributed by atoms with E-state index in [4.69, 9.17) is 0 Å². The van der Waals surface area contributed by atoms with Crippen molar-refractivity contribution in [2.24, 2.45) is 0 Å². The minimum atomic E-state index is -4.29. The zero-order chi connectivity index (χ0) is 14.9. The van der Waals surface area contributed by atoms with Gasteiger partial charge in [0.25, 0.3) is 0 Å². The van der Waals surface area contributed by atoms with Gasteiger partial charge in [-0.05, 0) is 43.6 Å². The van der Waals surface area contributed by atoms with Crippen LogP contribution in [-0.4, -0.2) is 22.9 Å². The number of nitrogens with zero attached hydrogens (tertiary/aromatic N) is 2.